The fourth-order valence-corrected chi connectivity index (χ4v) is 2.95. The predicted octanol–water partition coefficient (Wildman–Crippen LogP) is 4.53. The third-order valence-corrected chi connectivity index (χ3v) is 3.82. The summed E-state index contributed by atoms with van der Waals surface area (Å²) in [6.45, 7) is 2.11. The van der Waals surface area contributed by atoms with Gasteiger partial charge in [-0.15, -0.1) is 11.3 Å². The van der Waals surface area contributed by atoms with E-state index in [1.807, 2.05) is 18.5 Å². The molecule has 3 aromatic rings. The van der Waals surface area contributed by atoms with Gasteiger partial charge in [-0.25, -0.2) is 0 Å². The summed E-state index contributed by atoms with van der Waals surface area (Å²) >= 11 is 1.80. The molecule has 0 saturated carbocycles. The monoisotopic (exact) mass is 271 g/mol. The Labute approximate surface area is 117 Å². The molecule has 0 spiro atoms. The SMILES string of the molecule is COC.Cc1cncc2sc(-c3ccccc3)cc12. The van der Waals surface area contributed by atoms with Crippen molar-refractivity contribution in [3.8, 4) is 10.4 Å². The number of nitrogens with zero attached hydrogens (tertiary/aromatic N) is 1. The molecule has 0 N–H and O–H groups in total. The zero-order valence-corrected chi connectivity index (χ0v) is 12.2. The highest BCUT2D eigenvalue weighted by atomic mass is 32.1. The zero-order valence-electron chi connectivity index (χ0n) is 11.4. The van der Waals surface area contributed by atoms with Crippen molar-refractivity contribution >= 4 is 21.4 Å². The van der Waals surface area contributed by atoms with Gasteiger partial charge in [0.05, 0.1) is 4.70 Å². The van der Waals surface area contributed by atoms with Gasteiger partial charge in [-0.3, -0.25) is 4.98 Å². The van der Waals surface area contributed by atoms with Crippen LogP contribution in [0.1, 0.15) is 5.56 Å². The highest BCUT2D eigenvalue weighted by Gasteiger charge is 2.05. The lowest BCUT2D eigenvalue weighted by molar-refractivity contribution is 0.277. The maximum Gasteiger partial charge on any atom is 0.0535 e. The second-order valence-electron chi connectivity index (χ2n) is 4.25. The summed E-state index contributed by atoms with van der Waals surface area (Å²) in [6, 6.07) is 12.7. The molecule has 2 heterocycles. The molecule has 0 amide bonds. The number of thiophene rings is 1. The first-order valence-electron chi connectivity index (χ1n) is 6.06. The summed E-state index contributed by atoms with van der Waals surface area (Å²) in [6.07, 6.45) is 3.86. The largest absolute Gasteiger partial charge is 0.388 e. The van der Waals surface area contributed by atoms with Crippen molar-refractivity contribution in [2.24, 2.45) is 0 Å². The Hall–Kier alpha value is -1.71. The van der Waals surface area contributed by atoms with Crippen LogP contribution < -0.4 is 0 Å². The van der Waals surface area contributed by atoms with Crippen molar-refractivity contribution in [3.05, 3.63) is 54.4 Å². The van der Waals surface area contributed by atoms with Crippen LogP contribution in [0.25, 0.3) is 20.5 Å². The van der Waals surface area contributed by atoms with Gasteiger partial charge in [-0.05, 0) is 29.5 Å². The van der Waals surface area contributed by atoms with Crippen molar-refractivity contribution in [2.45, 2.75) is 6.92 Å². The van der Waals surface area contributed by atoms with E-state index in [9.17, 15) is 0 Å². The Balaban J connectivity index is 0.000000408. The van der Waals surface area contributed by atoms with Gasteiger partial charge in [-0.1, -0.05) is 30.3 Å². The van der Waals surface area contributed by atoms with Crippen molar-refractivity contribution in [1.29, 1.82) is 0 Å². The highest BCUT2D eigenvalue weighted by molar-refractivity contribution is 7.22. The zero-order chi connectivity index (χ0) is 13.7. The number of aromatic nitrogens is 1. The van der Waals surface area contributed by atoms with Crippen LogP contribution in [0.4, 0.5) is 0 Å². The minimum Gasteiger partial charge on any atom is -0.388 e. The topological polar surface area (TPSA) is 22.1 Å². The Bertz CT molecular complexity index is 646. The Morgan fingerprint density at radius 3 is 2.37 bits per heavy atom. The van der Waals surface area contributed by atoms with E-state index in [1.165, 1.54) is 26.1 Å². The second-order valence-corrected chi connectivity index (χ2v) is 5.34. The second kappa shape index (κ2) is 6.45. The van der Waals surface area contributed by atoms with E-state index >= 15 is 0 Å². The van der Waals surface area contributed by atoms with Crippen LogP contribution in [0.15, 0.2) is 48.8 Å². The van der Waals surface area contributed by atoms with E-state index in [2.05, 4.69) is 47.0 Å². The Morgan fingerprint density at radius 1 is 1.05 bits per heavy atom. The molecule has 0 atom stereocenters. The fraction of sp³-hybridized carbons (Fsp3) is 0.188. The van der Waals surface area contributed by atoms with Gasteiger partial charge in [0.25, 0.3) is 0 Å². The molecule has 0 aliphatic carbocycles. The lowest BCUT2D eigenvalue weighted by Gasteiger charge is -1.93. The quantitative estimate of drug-likeness (QED) is 0.648. The molecule has 0 radical (unpaired) electrons. The Kier molecular flexibility index (Phi) is 4.66. The number of hydrogen-bond acceptors (Lipinski definition) is 3. The number of rotatable bonds is 1. The van der Waals surface area contributed by atoms with Crippen molar-refractivity contribution < 1.29 is 4.74 Å². The standard InChI is InChI=1S/C14H11NS.C2H6O/c1-10-8-15-9-14-12(10)7-13(16-14)11-5-3-2-4-6-11;1-3-2/h2-9H,1H3;1-2H3. The Morgan fingerprint density at radius 2 is 1.74 bits per heavy atom. The van der Waals surface area contributed by atoms with E-state index in [-0.39, 0.29) is 0 Å². The lowest BCUT2D eigenvalue weighted by Crippen LogP contribution is -1.74. The van der Waals surface area contributed by atoms with Crippen LogP contribution in [0, 0.1) is 6.92 Å². The van der Waals surface area contributed by atoms with Crippen LogP contribution >= 0.6 is 11.3 Å². The third-order valence-electron chi connectivity index (χ3n) is 2.70. The normalized spacial score (nSPS) is 10.1. The average Bonchev–Trinajstić information content (AvgIpc) is 2.86. The molecule has 19 heavy (non-hydrogen) atoms. The van der Waals surface area contributed by atoms with Crippen LogP contribution in [0.3, 0.4) is 0 Å². The van der Waals surface area contributed by atoms with E-state index in [1.54, 1.807) is 25.6 Å². The molecule has 3 rings (SSSR count). The van der Waals surface area contributed by atoms with Crippen molar-refractivity contribution in [2.75, 3.05) is 14.2 Å². The van der Waals surface area contributed by atoms with Gasteiger partial charge in [0.2, 0.25) is 0 Å². The number of fused-ring (bicyclic) bond motifs is 1. The summed E-state index contributed by atoms with van der Waals surface area (Å²) in [7, 11) is 3.25. The molecule has 2 nitrogen and oxygen atoms in total. The number of ether oxygens (including phenoxy) is 1. The molecular formula is C16H17NOS. The molecule has 3 heteroatoms. The summed E-state index contributed by atoms with van der Waals surface area (Å²) in [4.78, 5) is 5.54. The number of aryl methyl sites for hydroxylation is 1. The molecule has 1 aromatic carbocycles. The van der Waals surface area contributed by atoms with E-state index in [4.69, 9.17) is 0 Å². The summed E-state index contributed by atoms with van der Waals surface area (Å²) < 4.78 is 5.51. The molecule has 0 saturated heterocycles. The predicted molar refractivity (Wildman–Crippen MR) is 82.7 cm³/mol. The molecule has 0 aliphatic heterocycles. The van der Waals surface area contributed by atoms with Gasteiger partial charge >= 0.3 is 0 Å². The minimum atomic E-state index is 1.25. The first kappa shape index (κ1) is 13.7. The van der Waals surface area contributed by atoms with Crippen LogP contribution in [0.2, 0.25) is 0 Å². The molecule has 0 unspecified atom stereocenters. The molecular weight excluding hydrogens is 254 g/mol. The van der Waals surface area contributed by atoms with E-state index < -0.39 is 0 Å². The highest BCUT2D eigenvalue weighted by Crippen LogP contribution is 2.34. The number of benzene rings is 1. The van der Waals surface area contributed by atoms with Gasteiger partial charge in [0.1, 0.15) is 0 Å². The van der Waals surface area contributed by atoms with E-state index in [0.29, 0.717) is 0 Å². The van der Waals surface area contributed by atoms with Gasteiger partial charge in [-0.2, -0.15) is 0 Å². The summed E-state index contributed by atoms with van der Waals surface area (Å²) in [5.41, 5.74) is 2.53. The minimum absolute atomic E-state index is 1.25. The number of methoxy groups -OCH3 is 1. The van der Waals surface area contributed by atoms with Gasteiger partial charge < -0.3 is 4.74 Å². The maximum atomic E-state index is 4.25. The van der Waals surface area contributed by atoms with Crippen molar-refractivity contribution in [1.82, 2.24) is 4.98 Å². The maximum absolute atomic E-state index is 4.25. The number of pyridine rings is 1. The number of hydrogen-bond donors (Lipinski definition) is 0. The summed E-state index contributed by atoms with van der Waals surface area (Å²) in [5.74, 6) is 0. The molecule has 0 bridgehead atoms. The van der Waals surface area contributed by atoms with Crippen molar-refractivity contribution in [3.63, 3.8) is 0 Å². The first-order chi connectivity index (χ1) is 9.26. The third kappa shape index (κ3) is 3.19. The van der Waals surface area contributed by atoms with Gasteiger partial charge in [0.15, 0.2) is 0 Å². The smallest absolute Gasteiger partial charge is 0.0535 e. The van der Waals surface area contributed by atoms with Crippen LogP contribution in [-0.4, -0.2) is 19.2 Å². The lowest BCUT2D eigenvalue weighted by atomic mass is 10.1. The fourth-order valence-electron chi connectivity index (χ4n) is 1.84. The first-order valence-corrected chi connectivity index (χ1v) is 6.87. The molecule has 2 aromatic heterocycles. The molecule has 98 valence electrons. The van der Waals surface area contributed by atoms with Crippen LogP contribution in [-0.2, 0) is 4.74 Å². The molecule has 0 fully saturated rings. The summed E-state index contributed by atoms with van der Waals surface area (Å²) in [5, 5.41) is 1.32. The molecule has 0 aliphatic rings. The average molecular weight is 271 g/mol. The van der Waals surface area contributed by atoms with Crippen LogP contribution in [0.5, 0.6) is 0 Å². The van der Waals surface area contributed by atoms with Gasteiger partial charge in [0, 0.05) is 31.5 Å². The van der Waals surface area contributed by atoms with E-state index in [0.717, 1.165) is 0 Å².